The quantitative estimate of drug-likeness (QED) is 0.527. The Balaban J connectivity index is 1.29. The summed E-state index contributed by atoms with van der Waals surface area (Å²) in [5, 5.41) is 9.91. The maximum absolute atomic E-state index is 13.5. The number of amides is 3. The monoisotopic (exact) mass is 489 g/mol. The topological polar surface area (TPSA) is 99.5 Å². The van der Waals surface area contributed by atoms with Crippen molar-refractivity contribution in [1.82, 2.24) is 16.0 Å². The number of piperidine rings is 1. The SMILES string of the molecule is N[C@H]1CCCC[C@H]1NC(=O)C1=C2NC(=O)N(c3cccc(-c4ccccc4)c3)C3CCNC(S1)C23. The molecule has 1 saturated carbocycles. The zero-order valence-electron chi connectivity index (χ0n) is 19.6. The molecule has 1 aliphatic carbocycles. The number of urea groups is 1. The molecule has 4 aliphatic rings. The zero-order valence-corrected chi connectivity index (χ0v) is 20.4. The number of nitrogens with one attached hydrogen (secondary N) is 3. The van der Waals surface area contributed by atoms with Gasteiger partial charge in [0.05, 0.1) is 16.3 Å². The van der Waals surface area contributed by atoms with E-state index in [0.29, 0.717) is 4.91 Å². The summed E-state index contributed by atoms with van der Waals surface area (Å²) in [7, 11) is 0. The molecule has 2 aromatic carbocycles. The van der Waals surface area contributed by atoms with E-state index in [1.807, 2.05) is 35.2 Å². The van der Waals surface area contributed by atoms with Crippen molar-refractivity contribution in [2.24, 2.45) is 11.7 Å². The van der Waals surface area contributed by atoms with Crippen molar-refractivity contribution in [1.29, 1.82) is 0 Å². The fourth-order valence-corrected chi connectivity index (χ4v) is 7.36. The molecule has 3 aliphatic heterocycles. The fraction of sp³-hybridized carbons (Fsp3) is 0.407. The van der Waals surface area contributed by atoms with Gasteiger partial charge in [0.2, 0.25) is 0 Å². The van der Waals surface area contributed by atoms with Gasteiger partial charge in [0.15, 0.2) is 0 Å². The van der Waals surface area contributed by atoms with Gasteiger partial charge in [0.25, 0.3) is 5.91 Å². The van der Waals surface area contributed by atoms with Crippen LogP contribution in [-0.2, 0) is 4.79 Å². The molecular formula is C27H31N5O2S. The minimum absolute atomic E-state index is 0.00662. The lowest BCUT2D eigenvalue weighted by molar-refractivity contribution is -0.117. The Morgan fingerprint density at radius 1 is 1.03 bits per heavy atom. The summed E-state index contributed by atoms with van der Waals surface area (Å²) in [6.45, 7) is 0.802. The molecule has 0 spiro atoms. The van der Waals surface area contributed by atoms with Gasteiger partial charge < -0.3 is 21.7 Å². The first-order chi connectivity index (χ1) is 17.1. The third-order valence-electron chi connectivity index (χ3n) is 7.71. The Morgan fingerprint density at radius 3 is 2.66 bits per heavy atom. The van der Waals surface area contributed by atoms with Crippen molar-refractivity contribution in [2.45, 2.75) is 55.6 Å². The van der Waals surface area contributed by atoms with Crippen molar-refractivity contribution >= 4 is 29.4 Å². The van der Waals surface area contributed by atoms with Gasteiger partial charge in [-0.2, -0.15) is 0 Å². The second kappa shape index (κ2) is 9.33. The molecule has 0 aromatic heterocycles. The lowest BCUT2D eigenvalue weighted by Gasteiger charge is -2.45. The van der Waals surface area contributed by atoms with Crippen LogP contribution in [0, 0.1) is 5.92 Å². The summed E-state index contributed by atoms with van der Waals surface area (Å²) in [5.41, 5.74) is 10.1. The van der Waals surface area contributed by atoms with Crippen LogP contribution in [0.1, 0.15) is 32.1 Å². The maximum atomic E-state index is 13.5. The highest BCUT2D eigenvalue weighted by Gasteiger charge is 2.51. The molecular weight excluding hydrogens is 458 g/mol. The maximum Gasteiger partial charge on any atom is 0.326 e. The number of carbonyl (C=O) groups is 2. The Bertz CT molecular complexity index is 1170. The van der Waals surface area contributed by atoms with Gasteiger partial charge in [-0.1, -0.05) is 67.1 Å². The van der Waals surface area contributed by atoms with E-state index >= 15 is 0 Å². The molecule has 3 fully saturated rings. The van der Waals surface area contributed by atoms with E-state index in [4.69, 9.17) is 5.73 Å². The highest BCUT2D eigenvalue weighted by Crippen LogP contribution is 2.48. The van der Waals surface area contributed by atoms with E-state index in [9.17, 15) is 9.59 Å². The van der Waals surface area contributed by atoms with Crippen LogP contribution >= 0.6 is 11.8 Å². The standard InChI is InChI=1S/C27H31N5O2S/c28-19-11-4-5-12-20(19)30-25(33)24-23-22-21(13-14-29-26(22)35-24)32(27(34)31-23)18-10-6-9-17(15-18)16-7-2-1-3-8-16/h1-3,6-10,15,19-22,26,29H,4-5,11-14,28H2,(H,30,33)(H,31,34)/t19-,20+,21?,22?,26?/m0/s1. The number of anilines is 1. The molecule has 6 rings (SSSR count). The average molecular weight is 490 g/mol. The van der Waals surface area contributed by atoms with Gasteiger partial charge in [0, 0.05) is 29.4 Å². The van der Waals surface area contributed by atoms with Crippen molar-refractivity contribution < 1.29 is 9.59 Å². The van der Waals surface area contributed by atoms with Crippen molar-refractivity contribution in [3.05, 3.63) is 65.2 Å². The first-order valence-corrected chi connectivity index (χ1v) is 13.4. The fourth-order valence-electron chi connectivity index (χ4n) is 5.96. The van der Waals surface area contributed by atoms with Crippen LogP contribution in [0.4, 0.5) is 10.5 Å². The van der Waals surface area contributed by atoms with Crippen LogP contribution in [0.5, 0.6) is 0 Å². The lowest BCUT2D eigenvalue weighted by Crippen LogP contribution is -2.62. The van der Waals surface area contributed by atoms with Crippen LogP contribution < -0.4 is 26.6 Å². The first kappa shape index (κ1) is 22.6. The number of hydrogen-bond donors (Lipinski definition) is 4. The van der Waals surface area contributed by atoms with Gasteiger partial charge in [-0.05, 0) is 49.1 Å². The zero-order chi connectivity index (χ0) is 23.9. The summed E-state index contributed by atoms with van der Waals surface area (Å²) in [6.07, 6.45) is 4.87. The summed E-state index contributed by atoms with van der Waals surface area (Å²) in [4.78, 5) is 29.3. The number of rotatable bonds is 4. The molecule has 182 valence electrons. The minimum atomic E-state index is -0.172. The van der Waals surface area contributed by atoms with Crippen LogP contribution in [0.3, 0.4) is 0 Å². The number of nitrogens with zero attached hydrogens (tertiary/aromatic N) is 1. The number of thioether (sulfide) groups is 1. The van der Waals surface area contributed by atoms with Crippen molar-refractivity contribution in [2.75, 3.05) is 11.4 Å². The van der Waals surface area contributed by atoms with Gasteiger partial charge in [-0.15, -0.1) is 0 Å². The van der Waals surface area contributed by atoms with E-state index in [-0.39, 0.29) is 41.4 Å². The van der Waals surface area contributed by atoms with Gasteiger partial charge in [-0.3, -0.25) is 9.69 Å². The predicted octanol–water partition coefficient (Wildman–Crippen LogP) is 3.53. The summed E-state index contributed by atoms with van der Waals surface area (Å²) in [6, 6.07) is 18.2. The third kappa shape index (κ3) is 4.13. The normalized spacial score (nSPS) is 30.0. The molecule has 0 radical (unpaired) electrons. The van der Waals surface area contributed by atoms with Crippen LogP contribution in [0.25, 0.3) is 11.1 Å². The van der Waals surface area contributed by atoms with Crippen LogP contribution in [-0.4, -0.2) is 42.0 Å². The molecule has 7 nitrogen and oxygen atoms in total. The van der Waals surface area contributed by atoms with E-state index in [2.05, 4.69) is 40.2 Å². The van der Waals surface area contributed by atoms with Crippen LogP contribution in [0.15, 0.2) is 65.2 Å². The van der Waals surface area contributed by atoms with Gasteiger partial charge >= 0.3 is 6.03 Å². The smallest absolute Gasteiger partial charge is 0.326 e. The molecule has 3 amide bonds. The Morgan fingerprint density at radius 2 is 1.83 bits per heavy atom. The second-order valence-electron chi connectivity index (χ2n) is 9.86. The van der Waals surface area contributed by atoms with E-state index < -0.39 is 0 Å². The predicted molar refractivity (Wildman–Crippen MR) is 140 cm³/mol. The Hall–Kier alpha value is -2.81. The largest absolute Gasteiger partial charge is 0.347 e. The summed E-state index contributed by atoms with van der Waals surface area (Å²) in [5.74, 6) is -0.0743. The molecule has 5 atom stereocenters. The molecule has 3 unspecified atom stereocenters. The molecule has 35 heavy (non-hydrogen) atoms. The van der Waals surface area contributed by atoms with Gasteiger partial charge in [-0.25, -0.2) is 4.79 Å². The van der Waals surface area contributed by atoms with E-state index in [1.165, 1.54) is 0 Å². The molecule has 3 heterocycles. The number of benzene rings is 2. The number of hydrogen-bond acceptors (Lipinski definition) is 5. The molecule has 5 N–H and O–H groups in total. The molecule has 8 heteroatoms. The van der Waals surface area contributed by atoms with Crippen molar-refractivity contribution in [3.63, 3.8) is 0 Å². The Labute approximate surface area is 209 Å². The van der Waals surface area contributed by atoms with Crippen LogP contribution in [0.2, 0.25) is 0 Å². The highest BCUT2D eigenvalue weighted by molar-refractivity contribution is 8.04. The average Bonchev–Trinajstić information content (AvgIpc) is 3.26. The van der Waals surface area contributed by atoms with Gasteiger partial charge in [0.1, 0.15) is 0 Å². The minimum Gasteiger partial charge on any atom is -0.347 e. The number of carbonyl (C=O) groups excluding carboxylic acids is 2. The first-order valence-electron chi connectivity index (χ1n) is 12.6. The Kier molecular flexibility index (Phi) is 6.04. The van der Waals surface area contributed by atoms with Crippen molar-refractivity contribution in [3.8, 4) is 11.1 Å². The summed E-state index contributed by atoms with van der Waals surface area (Å²) < 4.78 is 0. The molecule has 2 saturated heterocycles. The van der Waals surface area contributed by atoms with E-state index in [1.54, 1.807) is 11.8 Å². The second-order valence-corrected chi connectivity index (χ2v) is 11.0. The number of nitrogens with two attached hydrogens (primary N) is 1. The molecule has 2 aromatic rings. The molecule has 0 bridgehead atoms. The lowest BCUT2D eigenvalue weighted by atomic mass is 9.86. The third-order valence-corrected chi connectivity index (χ3v) is 9.07. The highest BCUT2D eigenvalue weighted by atomic mass is 32.2. The van der Waals surface area contributed by atoms with E-state index in [0.717, 1.165) is 61.2 Å². The summed E-state index contributed by atoms with van der Waals surface area (Å²) >= 11 is 1.54.